The summed E-state index contributed by atoms with van der Waals surface area (Å²) >= 11 is 0. The molecule has 0 aromatic heterocycles. The maximum absolute atomic E-state index is 12.3. The van der Waals surface area contributed by atoms with E-state index < -0.39 is 5.97 Å². The molecule has 4 rings (SSSR count). The quantitative estimate of drug-likeness (QED) is 0.514. The summed E-state index contributed by atoms with van der Waals surface area (Å²) in [6.07, 6.45) is 1.70. The number of para-hydroxylation sites is 1. The van der Waals surface area contributed by atoms with Crippen LogP contribution in [0.1, 0.15) is 18.1 Å². The van der Waals surface area contributed by atoms with E-state index in [2.05, 4.69) is 4.99 Å². The largest absolute Gasteiger partial charge is 0.493 e. The van der Waals surface area contributed by atoms with Crippen LogP contribution >= 0.6 is 0 Å². The van der Waals surface area contributed by atoms with E-state index in [0.29, 0.717) is 18.3 Å². The fraction of sp³-hybridized carbons (Fsp3) is 0.0909. The average molecular weight is 343 g/mol. The van der Waals surface area contributed by atoms with Crippen LogP contribution in [0.15, 0.2) is 77.4 Å². The van der Waals surface area contributed by atoms with Crippen LogP contribution in [0.5, 0.6) is 5.75 Å². The molecule has 26 heavy (non-hydrogen) atoms. The van der Waals surface area contributed by atoms with Crippen molar-refractivity contribution in [1.29, 1.82) is 0 Å². The van der Waals surface area contributed by atoms with E-state index in [-0.39, 0.29) is 5.70 Å². The monoisotopic (exact) mass is 343 g/mol. The Morgan fingerprint density at radius 3 is 2.65 bits per heavy atom. The maximum Gasteiger partial charge on any atom is 0.363 e. The van der Waals surface area contributed by atoms with Gasteiger partial charge in [-0.1, -0.05) is 54.6 Å². The lowest BCUT2D eigenvalue weighted by atomic mass is 10.0. The van der Waals surface area contributed by atoms with Gasteiger partial charge < -0.3 is 9.47 Å². The van der Waals surface area contributed by atoms with Gasteiger partial charge in [0.15, 0.2) is 5.70 Å². The number of cyclic esters (lactones) is 1. The van der Waals surface area contributed by atoms with Crippen molar-refractivity contribution in [3.05, 3.63) is 83.6 Å². The fourth-order valence-corrected chi connectivity index (χ4v) is 2.97. The average Bonchev–Trinajstić information content (AvgIpc) is 3.03. The molecule has 0 aliphatic carbocycles. The van der Waals surface area contributed by atoms with Crippen molar-refractivity contribution in [3.8, 4) is 5.75 Å². The molecule has 0 bridgehead atoms. The number of rotatable bonds is 4. The van der Waals surface area contributed by atoms with Crippen molar-refractivity contribution in [2.75, 3.05) is 6.61 Å². The molecule has 0 radical (unpaired) electrons. The normalized spacial score (nSPS) is 15.2. The van der Waals surface area contributed by atoms with Crippen LogP contribution in [0.3, 0.4) is 0 Å². The molecule has 128 valence electrons. The highest BCUT2D eigenvalue weighted by atomic mass is 16.6. The molecule has 3 aromatic rings. The lowest BCUT2D eigenvalue weighted by molar-refractivity contribution is -0.129. The van der Waals surface area contributed by atoms with Gasteiger partial charge in [0.1, 0.15) is 5.75 Å². The van der Waals surface area contributed by atoms with E-state index in [0.717, 1.165) is 21.9 Å². The molecule has 0 saturated carbocycles. The summed E-state index contributed by atoms with van der Waals surface area (Å²) in [6.45, 7) is 2.47. The van der Waals surface area contributed by atoms with Gasteiger partial charge in [-0.3, -0.25) is 0 Å². The predicted octanol–water partition coefficient (Wildman–Crippen LogP) is 4.58. The molecule has 4 nitrogen and oxygen atoms in total. The van der Waals surface area contributed by atoms with Gasteiger partial charge in [-0.25, -0.2) is 9.79 Å². The third-order valence-corrected chi connectivity index (χ3v) is 4.15. The number of ether oxygens (including phenoxy) is 2. The summed E-state index contributed by atoms with van der Waals surface area (Å²) in [5.74, 6) is 0.579. The van der Waals surface area contributed by atoms with Crippen LogP contribution in [-0.4, -0.2) is 18.5 Å². The maximum atomic E-state index is 12.3. The van der Waals surface area contributed by atoms with E-state index in [1.807, 2.05) is 73.7 Å². The van der Waals surface area contributed by atoms with Gasteiger partial charge in [0.25, 0.3) is 0 Å². The zero-order valence-electron chi connectivity index (χ0n) is 14.3. The number of fused-ring (bicyclic) bond motifs is 1. The van der Waals surface area contributed by atoms with Crippen molar-refractivity contribution in [2.45, 2.75) is 6.92 Å². The molecular formula is C22H17NO3. The molecule has 3 aromatic carbocycles. The van der Waals surface area contributed by atoms with Gasteiger partial charge in [-0.15, -0.1) is 0 Å². The lowest BCUT2D eigenvalue weighted by Gasteiger charge is -2.06. The number of benzene rings is 3. The SMILES string of the molecule is CCOc1ccccc1C=C1N=C(c2cccc3ccccc23)OC1=O. The smallest absolute Gasteiger partial charge is 0.363 e. The minimum atomic E-state index is -0.459. The van der Waals surface area contributed by atoms with Crippen LogP contribution < -0.4 is 4.74 Å². The summed E-state index contributed by atoms with van der Waals surface area (Å²) in [5.41, 5.74) is 1.86. The first kappa shape index (κ1) is 16.1. The first-order valence-corrected chi connectivity index (χ1v) is 8.49. The topological polar surface area (TPSA) is 47.9 Å². The number of carbonyl (C=O) groups is 1. The molecule has 0 spiro atoms. The zero-order valence-corrected chi connectivity index (χ0v) is 14.3. The third-order valence-electron chi connectivity index (χ3n) is 4.15. The van der Waals surface area contributed by atoms with E-state index in [1.165, 1.54) is 0 Å². The van der Waals surface area contributed by atoms with Crippen molar-refractivity contribution in [2.24, 2.45) is 4.99 Å². The predicted molar refractivity (Wildman–Crippen MR) is 102 cm³/mol. The van der Waals surface area contributed by atoms with E-state index in [4.69, 9.17) is 9.47 Å². The van der Waals surface area contributed by atoms with Gasteiger partial charge in [0, 0.05) is 11.1 Å². The first-order chi connectivity index (χ1) is 12.8. The standard InChI is InChI=1S/C22H17NO3/c1-2-25-20-13-6-4-9-16(20)14-19-22(24)26-21(23-19)18-12-7-10-15-8-3-5-11-17(15)18/h3-14H,2H2,1H3. The first-order valence-electron chi connectivity index (χ1n) is 8.49. The van der Waals surface area contributed by atoms with Crippen molar-refractivity contribution in [1.82, 2.24) is 0 Å². The number of hydrogen-bond donors (Lipinski definition) is 0. The molecule has 0 unspecified atom stereocenters. The molecule has 0 fully saturated rings. The van der Waals surface area contributed by atoms with E-state index in [9.17, 15) is 4.79 Å². The number of carbonyl (C=O) groups excluding carboxylic acids is 1. The Hall–Kier alpha value is -3.40. The Morgan fingerprint density at radius 2 is 1.77 bits per heavy atom. The molecule has 0 atom stereocenters. The summed E-state index contributed by atoms with van der Waals surface area (Å²) in [4.78, 5) is 16.8. The van der Waals surface area contributed by atoms with Crippen LogP contribution in [0.4, 0.5) is 0 Å². The van der Waals surface area contributed by atoms with Gasteiger partial charge in [0.05, 0.1) is 6.61 Å². The fourth-order valence-electron chi connectivity index (χ4n) is 2.97. The second kappa shape index (κ2) is 6.84. The highest BCUT2D eigenvalue weighted by molar-refractivity contribution is 6.17. The summed E-state index contributed by atoms with van der Waals surface area (Å²) < 4.78 is 11.0. The minimum absolute atomic E-state index is 0.264. The Morgan fingerprint density at radius 1 is 1.00 bits per heavy atom. The molecule has 0 saturated heterocycles. The number of nitrogens with zero attached hydrogens (tertiary/aromatic N) is 1. The van der Waals surface area contributed by atoms with Crippen LogP contribution in [0.25, 0.3) is 16.8 Å². The third kappa shape index (κ3) is 2.97. The molecule has 1 heterocycles. The zero-order chi connectivity index (χ0) is 17.9. The molecule has 1 aliphatic rings. The lowest BCUT2D eigenvalue weighted by Crippen LogP contribution is -2.06. The summed E-state index contributed by atoms with van der Waals surface area (Å²) in [6, 6.07) is 21.3. The second-order valence-electron chi connectivity index (χ2n) is 5.83. The second-order valence-corrected chi connectivity index (χ2v) is 5.83. The van der Waals surface area contributed by atoms with Gasteiger partial charge in [0.2, 0.25) is 5.90 Å². The van der Waals surface area contributed by atoms with Crippen LogP contribution in [0, 0.1) is 0 Å². The molecule has 4 heteroatoms. The molecular weight excluding hydrogens is 326 g/mol. The van der Waals surface area contributed by atoms with Crippen molar-refractivity contribution >= 4 is 28.7 Å². The molecule has 0 amide bonds. The highest BCUT2D eigenvalue weighted by Gasteiger charge is 2.25. The minimum Gasteiger partial charge on any atom is -0.493 e. The van der Waals surface area contributed by atoms with Gasteiger partial charge in [-0.05, 0) is 35.9 Å². The summed E-state index contributed by atoms with van der Waals surface area (Å²) in [7, 11) is 0. The van der Waals surface area contributed by atoms with Crippen LogP contribution in [-0.2, 0) is 9.53 Å². The van der Waals surface area contributed by atoms with Crippen molar-refractivity contribution in [3.63, 3.8) is 0 Å². The number of esters is 1. The van der Waals surface area contributed by atoms with E-state index >= 15 is 0 Å². The Balaban J connectivity index is 1.76. The Bertz CT molecular complexity index is 1040. The number of aliphatic imine (C=N–C) groups is 1. The Kier molecular flexibility index (Phi) is 4.23. The molecule has 1 aliphatic heterocycles. The van der Waals surface area contributed by atoms with E-state index in [1.54, 1.807) is 6.08 Å². The Labute approximate surface area is 151 Å². The number of hydrogen-bond acceptors (Lipinski definition) is 4. The van der Waals surface area contributed by atoms with Gasteiger partial charge in [-0.2, -0.15) is 0 Å². The highest BCUT2D eigenvalue weighted by Crippen LogP contribution is 2.27. The summed E-state index contributed by atoms with van der Waals surface area (Å²) in [5, 5.41) is 2.07. The van der Waals surface area contributed by atoms with Crippen molar-refractivity contribution < 1.29 is 14.3 Å². The molecule has 0 N–H and O–H groups in total. The van der Waals surface area contributed by atoms with Gasteiger partial charge >= 0.3 is 5.97 Å². The van der Waals surface area contributed by atoms with Crippen LogP contribution in [0.2, 0.25) is 0 Å².